The number of allylic oxidation sites excluding steroid dienone is 1. The fraction of sp³-hybridized carbons (Fsp3) is 0.200. The van der Waals surface area contributed by atoms with E-state index in [1.807, 2.05) is 37.3 Å². The van der Waals surface area contributed by atoms with E-state index in [0.29, 0.717) is 12.0 Å². The SMILES string of the molecule is CC/C(=C(/c1ccccc1)c1ccc(OC(C)=O)c(OC(C)=O)c1)c1ccc(OC(C)=O)c(OC(C)=O)c1. The van der Waals surface area contributed by atoms with E-state index >= 15 is 0 Å². The van der Waals surface area contributed by atoms with Crippen molar-refractivity contribution in [3.05, 3.63) is 83.4 Å². The van der Waals surface area contributed by atoms with Gasteiger partial charge in [0.1, 0.15) is 0 Å². The smallest absolute Gasteiger partial charge is 0.308 e. The van der Waals surface area contributed by atoms with Gasteiger partial charge < -0.3 is 18.9 Å². The molecule has 3 aromatic rings. The second kappa shape index (κ2) is 12.5. The molecule has 38 heavy (non-hydrogen) atoms. The van der Waals surface area contributed by atoms with Gasteiger partial charge in [-0.25, -0.2) is 0 Å². The summed E-state index contributed by atoms with van der Waals surface area (Å²) in [5.74, 6) is -1.79. The summed E-state index contributed by atoms with van der Waals surface area (Å²) in [6.45, 7) is 7.02. The minimum atomic E-state index is -0.566. The van der Waals surface area contributed by atoms with Crippen LogP contribution < -0.4 is 18.9 Å². The van der Waals surface area contributed by atoms with Crippen LogP contribution in [0.4, 0.5) is 0 Å². The van der Waals surface area contributed by atoms with Crippen LogP contribution in [0.2, 0.25) is 0 Å². The number of carbonyl (C=O) groups is 4. The van der Waals surface area contributed by atoms with E-state index in [-0.39, 0.29) is 23.0 Å². The lowest BCUT2D eigenvalue weighted by molar-refractivity contribution is -0.134. The van der Waals surface area contributed by atoms with Crippen LogP contribution in [0.3, 0.4) is 0 Å². The first-order valence-corrected chi connectivity index (χ1v) is 11.9. The molecule has 196 valence electrons. The molecule has 0 aliphatic carbocycles. The molecule has 0 heterocycles. The highest BCUT2D eigenvalue weighted by Crippen LogP contribution is 2.40. The maximum Gasteiger partial charge on any atom is 0.308 e. The number of ether oxygens (including phenoxy) is 4. The molecule has 0 fully saturated rings. The molecule has 3 aromatic carbocycles. The zero-order valence-electron chi connectivity index (χ0n) is 21.8. The Balaban J connectivity index is 2.30. The van der Waals surface area contributed by atoms with Crippen LogP contribution in [0.1, 0.15) is 57.7 Å². The lowest BCUT2D eigenvalue weighted by atomic mass is 9.88. The van der Waals surface area contributed by atoms with Crippen LogP contribution in [0.5, 0.6) is 23.0 Å². The molecular formula is C30H28O8. The molecule has 3 rings (SSSR count). The van der Waals surface area contributed by atoms with E-state index in [1.165, 1.54) is 27.7 Å². The van der Waals surface area contributed by atoms with Gasteiger partial charge in [0.25, 0.3) is 0 Å². The zero-order chi connectivity index (χ0) is 27.8. The topological polar surface area (TPSA) is 105 Å². The molecule has 0 bridgehead atoms. The van der Waals surface area contributed by atoms with Gasteiger partial charge in [-0.15, -0.1) is 0 Å². The minimum Gasteiger partial charge on any atom is -0.423 e. The maximum absolute atomic E-state index is 11.8. The van der Waals surface area contributed by atoms with Crippen molar-refractivity contribution in [2.24, 2.45) is 0 Å². The van der Waals surface area contributed by atoms with Gasteiger partial charge in [-0.05, 0) is 58.5 Å². The van der Waals surface area contributed by atoms with Gasteiger partial charge in [-0.2, -0.15) is 0 Å². The molecule has 0 spiro atoms. The van der Waals surface area contributed by atoms with Crippen LogP contribution in [0, 0.1) is 0 Å². The molecule has 8 nitrogen and oxygen atoms in total. The molecule has 0 aliphatic rings. The quantitative estimate of drug-likeness (QED) is 0.212. The molecule has 0 atom stereocenters. The van der Waals surface area contributed by atoms with E-state index < -0.39 is 23.9 Å². The average Bonchev–Trinajstić information content (AvgIpc) is 2.84. The van der Waals surface area contributed by atoms with Gasteiger partial charge in [-0.1, -0.05) is 49.4 Å². The van der Waals surface area contributed by atoms with E-state index in [4.69, 9.17) is 18.9 Å². The Morgan fingerprint density at radius 1 is 0.526 bits per heavy atom. The molecule has 0 saturated heterocycles. The predicted octanol–water partition coefficient (Wildman–Crippen LogP) is 5.76. The first kappa shape index (κ1) is 27.9. The third-order valence-corrected chi connectivity index (χ3v) is 5.26. The largest absolute Gasteiger partial charge is 0.423 e. The first-order chi connectivity index (χ1) is 18.1. The highest BCUT2D eigenvalue weighted by atomic mass is 16.6. The highest BCUT2D eigenvalue weighted by Gasteiger charge is 2.19. The monoisotopic (exact) mass is 516 g/mol. The number of hydrogen-bond acceptors (Lipinski definition) is 8. The molecule has 0 radical (unpaired) electrons. The number of carbonyl (C=O) groups excluding carboxylic acids is 4. The Morgan fingerprint density at radius 3 is 1.39 bits per heavy atom. The Morgan fingerprint density at radius 2 is 0.947 bits per heavy atom. The maximum atomic E-state index is 11.8. The van der Waals surface area contributed by atoms with Crippen molar-refractivity contribution in [2.75, 3.05) is 0 Å². The Bertz CT molecular complexity index is 1400. The third kappa shape index (κ3) is 7.16. The average molecular weight is 517 g/mol. The standard InChI is InChI=1S/C30H28O8/c1-6-25(23-12-14-26(35-18(2)31)28(16-23)37-20(4)33)30(22-10-8-7-9-11-22)24-13-15-27(36-19(3)32)29(17-24)38-21(5)34/h7-17H,6H2,1-5H3/b30-25+. The molecule has 0 unspecified atom stereocenters. The van der Waals surface area contributed by atoms with Crippen molar-refractivity contribution >= 4 is 35.0 Å². The first-order valence-electron chi connectivity index (χ1n) is 11.9. The highest BCUT2D eigenvalue weighted by molar-refractivity contribution is 5.99. The Kier molecular flexibility index (Phi) is 9.16. The lowest BCUT2D eigenvalue weighted by Crippen LogP contribution is -2.08. The molecule has 0 amide bonds. The predicted molar refractivity (Wildman–Crippen MR) is 141 cm³/mol. The van der Waals surface area contributed by atoms with Gasteiger partial charge in [0.15, 0.2) is 23.0 Å². The summed E-state index contributed by atoms with van der Waals surface area (Å²) in [5, 5.41) is 0. The number of esters is 4. The fourth-order valence-corrected chi connectivity index (χ4v) is 3.95. The van der Waals surface area contributed by atoms with Crippen LogP contribution in [-0.2, 0) is 19.2 Å². The molecule has 0 aromatic heterocycles. The van der Waals surface area contributed by atoms with Crippen LogP contribution in [-0.4, -0.2) is 23.9 Å². The number of rotatable bonds is 8. The normalized spacial score (nSPS) is 11.2. The van der Waals surface area contributed by atoms with Crippen molar-refractivity contribution < 1.29 is 38.1 Å². The summed E-state index contributed by atoms with van der Waals surface area (Å²) in [6.07, 6.45) is 0.561. The molecular weight excluding hydrogens is 488 g/mol. The van der Waals surface area contributed by atoms with Crippen molar-refractivity contribution in [1.82, 2.24) is 0 Å². The molecule has 0 aliphatic heterocycles. The lowest BCUT2D eigenvalue weighted by Gasteiger charge is -2.19. The van der Waals surface area contributed by atoms with Gasteiger partial charge in [0.2, 0.25) is 0 Å². The van der Waals surface area contributed by atoms with E-state index in [2.05, 4.69) is 0 Å². The van der Waals surface area contributed by atoms with Gasteiger partial charge in [-0.3, -0.25) is 19.2 Å². The summed E-state index contributed by atoms with van der Waals surface area (Å²) >= 11 is 0. The second-order valence-electron chi connectivity index (χ2n) is 8.27. The summed E-state index contributed by atoms with van der Waals surface area (Å²) in [6, 6.07) is 19.5. The Hall–Kier alpha value is -4.72. The second-order valence-corrected chi connectivity index (χ2v) is 8.27. The van der Waals surface area contributed by atoms with E-state index in [9.17, 15) is 19.2 Å². The van der Waals surface area contributed by atoms with Gasteiger partial charge in [0, 0.05) is 27.7 Å². The summed E-state index contributed by atoms with van der Waals surface area (Å²) < 4.78 is 21.2. The summed E-state index contributed by atoms with van der Waals surface area (Å²) in [5.41, 5.74) is 3.96. The zero-order valence-corrected chi connectivity index (χ0v) is 21.8. The third-order valence-electron chi connectivity index (χ3n) is 5.26. The summed E-state index contributed by atoms with van der Waals surface area (Å²) in [4.78, 5) is 46.7. The van der Waals surface area contributed by atoms with Crippen molar-refractivity contribution in [1.29, 1.82) is 0 Å². The minimum absolute atomic E-state index is 0.0971. The molecule has 0 saturated carbocycles. The van der Waals surface area contributed by atoms with Crippen LogP contribution in [0.15, 0.2) is 66.7 Å². The van der Waals surface area contributed by atoms with Gasteiger partial charge in [0.05, 0.1) is 0 Å². The number of benzene rings is 3. The van der Waals surface area contributed by atoms with E-state index in [0.717, 1.165) is 22.3 Å². The van der Waals surface area contributed by atoms with Crippen LogP contribution >= 0.6 is 0 Å². The molecule has 0 N–H and O–H groups in total. The molecule has 8 heteroatoms. The van der Waals surface area contributed by atoms with Crippen molar-refractivity contribution in [2.45, 2.75) is 41.0 Å². The summed E-state index contributed by atoms with van der Waals surface area (Å²) in [7, 11) is 0. The fourth-order valence-electron chi connectivity index (χ4n) is 3.95. The Labute approximate surface area is 220 Å². The van der Waals surface area contributed by atoms with Crippen molar-refractivity contribution in [3.8, 4) is 23.0 Å². The van der Waals surface area contributed by atoms with Gasteiger partial charge >= 0.3 is 23.9 Å². The number of hydrogen-bond donors (Lipinski definition) is 0. The van der Waals surface area contributed by atoms with Crippen molar-refractivity contribution in [3.63, 3.8) is 0 Å². The van der Waals surface area contributed by atoms with Crippen LogP contribution in [0.25, 0.3) is 11.1 Å². The van der Waals surface area contributed by atoms with E-state index in [1.54, 1.807) is 36.4 Å².